The standard InChI is InChI=1S/C18H15BrFNO3/c1-12-4-2-3-5-13(12)6-9-18(23)24-11-17(22)21-16-8-7-14(19)10-15(16)20/h2-10H,11H2,1H3,(H,21,22)/b9-6+. The van der Waals surface area contributed by atoms with E-state index in [0.717, 1.165) is 11.1 Å². The maximum atomic E-state index is 13.6. The van der Waals surface area contributed by atoms with E-state index in [1.807, 2.05) is 31.2 Å². The van der Waals surface area contributed by atoms with Crippen molar-refractivity contribution in [2.24, 2.45) is 0 Å². The fourth-order valence-electron chi connectivity index (χ4n) is 1.89. The number of hydrogen-bond donors (Lipinski definition) is 1. The minimum atomic E-state index is -0.648. The van der Waals surface area contributed by atoms with Crippen molar-refractivity contribution in [2.75, 3.05) is 11.9 Å². The van der Waals surface area contributed by atoms with Crippen LogP contribution in [-0.2, 0) is 14.3 Å². The summed E-state index contributed by atoms with van der Waals surface area (Å²) in [7, 11) is 0. The number of carbonyl (C=O) groups is 2. The lowest BCUT2D eigenvalue weighted by Crippen LogP contribution is -2.20. The number of rotatable bonds is 5. The van der Waals surface area contributed by atoms with Crippen LogP contribution < -0.4 is 5.32 Å². The topological polar surface area (TPSA) is 55.4 Å². The summed E-state index contributed by atoms with van der Waals surface area (Å²) < 4.78 is 19.0. The van der Waals surface area contributed by atoms with Crippen molar-refractivity contribution in [1.29, 1.82) is 0 Å². The van der Waals surface area contributed by atoms with Crippen LogP contribution in [0, 0.1) is 12.7 Å². The zero-order valence-corrected chi connectivity index (χ0v) is 14.5. The number of halogens is 2. The van der Waals surface area contributed by atoms with E-state index >= 15 is 0 Å². The molecule has 0 fully saturated rings. The van der Waals surface area contributed by atoms with Gasteiger partial charge in [-0.1, -0.05) is 40.2 Å². The van der Waals surface area contributed by atoms with E-state index in [2.05, 4.69) is 21.2 Å². The van der Waals surface area contributed by atoms with Crippen molar-refractivity contribution in [1.82, 2.24) is 0 Å². The van der Waals surface area contributed by atoms with Gasteiger partial charge in [-0.25, -0.2) is 9.18 Å². The van der Waals surface area contributed by atoms with E-state index < -0.39 is 24.3 Å². The molecule has 0 saturated heterocycles. The van der Waals surface area contributed by atoms with Crippen LogP contribution in [0.25, 0.3) is 6.08 Å². The predicted molar refractivity (Wildman–Crippen MR) is 93.9 cm³/mol. The maximum Gasteiger partial charge on any atom is 0.331 e. The Morgan fingerprint density at radius 2 is 2.00 bits per heavy atom. The first-order valence-corrected chi connectivity index (χ1v) is 7.90. The van der Waals surface area contributed by atoms with Crippen molar-refractivity contribution in [2.45, 2.75) is 6.92 Å². The Bertz CT molecular complexity index is 790. The molecule has 24 heavy (non-hydrogen) atoms. The van der Waals surface area contributed by atoms with Gasteiger partial charge in [0.1, 0.15) is 5.82 Å². The van der Waals surface area contributed by atoms with Crippen LogP contribution in [0.15, 0.2) is 53.0 Å². The molecule has 0 radical (unpaired) electrons. The second-order valence-electron chi connectivity index (χ2n) is 4.97. The summed E-state index contributed by atoms with van der Waals surface area (Å²) in [6, 6.07) is 11.8. The molecule has 0 aliphatic heterocycles. The Kier molecular flexibility index (Phi) is 6.26. The number of ether oxygens (including phenoxy) is 1. The van der Waals surface area contributed by atoms with Gasteiger partial charge in [-0.15, -0.1) is 0 Å². The Hall–Kier alpha value is -2.47. The number of nitrogens with one attached hydrogen (secondary N) is 1. The lowest BCUT2D eigenvalue weighted by molar-refractivity contribution is -0.142. The molecule has 2 aromatic carbocycles. The molecule has 0 heterocycles. The summed E-state index contributed by atoms with van der Waals surface area (Å²) in [5.41, 5.74) is 1.93. The fourth-order valence-corrected chi connectivity index (χ4v) is 2.23. The monoisotopic (exact) mass is 391 g/mol. The molecule has 0 atom stereocenters. The largest absolute Gasteiger partial charge is 0.452 e. The summed E-state index contributed by atoms with van der Waals surface area (Å²) >= 11 is 3.12. The number of amides is 1. The summed E-state index contributed by atoms with van der Waals surface area (Å²) in [5, 5.41) is 2.34. The highest BCUT2D eigenvalue weighted by atomic mass is 79.9. The molecule has 4 nitrogen and oxygen atoms in total. The van der Waals surface area contributed by atoms with E-state index in [1.54, 1.807) is 12.1 Å². The molecular formula is C18H15BrFNO3. The Morgan fingerprint density at radius 1 is 1.25 bits per heavy atom. The molecule has 6 heteroatoms. The first-order valence-electron chi connectivity index (χ1n) is 7.11. The summed E-state index contributed by atoms with van der Waals surface area (Å²) in [4.78, 5) is 23.3. The fraction of sp³-hybridized carbons (Fsp3) is 0.111. The summed E-state index contributed by atoms with van der Waals surface area (Å²) in [6.45, 7) is 1.43. The summed E-state index contributed by atoms with van der Waals surface area (Å²) in [5.74, 6) is -1.85. The highest BCUT2D eigenvalue weighted by Crippen LogP contribution is 2.19. The van der Waals surface area contributed by atoms with Gasteiger partial charge in [-0.05, 0) is 42.3 Å². The molecule has 1 N–H and O–H groups in total. The lowest BCUT2D eigenvalue weighted by Gasteiger charge is -2.06. The third-order valence-electron chi connectivity index (χ3n) is 3.14. The number of benzene rings is 2. The molecular weight excluding hydrogens is 377 g/mol. The minimum Gasteiger partial charge on any atom is -0.452 e. The number of aryl methyl sites for hydroxylation is 1. The van der Waals surface area contributed by atoms with Gasteiger partial charge in [-0.3, -0.25) is 4.79 Å². The molecule has 2 rings (SSSR count). The average Bonchev–Trinajstić information content (AvgIpc) is 2.55. The lowest BCUT2D eigenvalue weighted by atomic mass is 10.1. The molecule has 2 aromatic rings. The predicted octanol–water partition coefficient (Wildman–Crippen LogP) is 4.09. The number of anilines is 1. The van der Waals surface area contributed by atoms with Gasteiger partial charge in [0.15, 0.2) is 6.61 Å². The van der Waals surface area contributed by atoms with Gasteiger partial charge in [-0.2, -0.15) is 0 Å². The molecule has 0 unspecified atom stereocenters. The highest BCUT2D eigenvalue weighted by Gasteiger charge is 2.09. The van der Waals surface area contributed by atoms with Crippen molar-refractivity contribution in [3.8, 4) is 0 Å². The van der Waals surface area contributed by atoms with Gasteiger partial charge in [0, 0.05) is 10.5 Å². The van der Waals surface area contributed by atoms with E-state index in [4.69, 9.17) is 4.74 Å². The van der Waals surface area contributed by atoms with Gasteiger partial charge in [0.2, 0.25) is 0 Å². The van der Waals surface area contributed by atoms with Crippen molar-refractivity contribution >= 4 is 39.6 Å². The van der Waals surface area contributed by atoms with E-state index in [-0.39, 0.29) is 5.69 Å². The van der Waals surface area contributed by atoms with E-state index in [9.17, 15) is 14.0 Å². The Balaban J connectivity index is 1.85. The minimum absolute atomic E-state index is 0.0229. The Labute approximate surface area is 147 Å². The quantitative estimate of drug-likeness (QED) is 0.616. The van der Waals surface area contributed by atoms with Crippen LogP contribution in [0.3, 0.4) is 0 Å². The molecule has 0 bridgehead atoms. The third-order valence-corrected chi connectivity index (χ3v) is 3.63. The molecule has 0 aliphatic carbocycles. The first-order chi connectivity index (χ1) is 11.5. The number of hydrogen-bond acceptors (Lipinski definition) is 3. The zero-order chi connectivity index (χ0) is 17.5. The van der Waals surface area contributed by atoms with Crippen LogP contribution in [0.1, 0.15) is 11.1 Å². The normalized spacial score (nSPS) is 10.6. The molecule has 0 saturated carbocycles. The highest BCUT2D eigenvalue weighted by molar-refractivity contribution is 9.10. The molecule has 0 aromatic heterocycles. The van der Waals surface area contributed by atoms with Crippen LogP contribution in [-0.4, -0.2) is 18.5 Å². The first kappa shape index (κ1) is 17.9. The van der Waals surface area contributed by atoms with Crippen LogP contribution in [0.5, 0.6) is 0 Å². The van der Waals surface area contributed by atoms with Crippen molar-refractivity contribution in [3.05, 3.63) is 70.0 Å². The second kappa shape index (κ2) is 8.40. The third kappa shape index (κ3) is 5.31. The van der Waals surface area contributed by atoms with Crippen LogP contribution >= 0.6 is 15.9 Å². The van der Waals surface area contributed by atoms with Crippen LogP contribution in [0.2, 0.25) is 0 Å². The smallest absolute Gasteiger partial charge is 0.331 e. The molecule has 0 aliphatic rings. The zero-order valence-electron chi connectivity index (χ0n) is 12.9. The van der Waals surface area contributed by atoms with Crippen molar-refractivity contribution < 1.29 is 18.7 Å². The van der Waals surface area contributed by atoms with E-state index in [0.29, 0.717) is 4.47 Å². The Morgan fingerprint density at radius 3 is 2.71 bits per heavy atom. The number of esters is 1. The van der Waals surface area contributed by atoms with Gasteiger partial charge in [0.25, 0.3) is 5.91 Å². The SMILES string of the molecule is Cc1ccccc1/C=C/C(=O)OCC(=O)Nc1ccc(Br)cc1F. The second-order valence-corrected chi connectivity index (χ2v) is 5.89. The van der Waals surface area contributed by atoms with E-state index in [1.165, 1.54) is 18.2 Å². The van der Waals surface area contributed by atoms with Gasteiger partial charge >= 0.3 is 5.97 Å². The van der Waals surface area contributed by atoms with Crippen molar-refractivity contribution in [3.63, 3.8) is 0 Å². The number of carbonyl (C=O) groups excluding carboxylic acids is 2. The van der Waals surface area contributed by atoms with Gasteiger partial charge < -0.3 is 10.1 Å². The molecule has 1 amide bonds. The summed E-state index contributed by atoms with van der Waals surface area (Å²) in [6.07, 6.45) is 2.86. The molecule has 0 spiro atoms. The average molecular weight is 392 g/mol. The van der Waals surface area contributed by atoms with Gasteiger partial charge in [0.05, 0.1) is 5.69 Å². The maximum absolute atomic E-state index is 13.6. The molecule has 124 valence electrons. The van der Waals surface area contributed by atoms with Crippen LogP contribution in [0.4, 0.5) is 10.1 Å².